The number of nitrogens with zero attached hydrogens (tertiary/aromatic N) is 5. The fraction of sp³-hybridized carbons (Fsp3) is 0.421. The number of likely N-dealkylation sites (N-methyl/N-ethyl adjacent to an activating group) is 1. The molecule has 1 amide bonds. The number of aromatic nitrogens is 4. The van der Waals surface area contributed by atoms with E-state index in [0.29, 0.717) is 40.2 Å². The molecule has 0 bridgehead atoms. The average Bonchev–Trinajstić information content (AvgIpc) is 3.25. The smallest absolute Gasteiger partial charge is 0.348 e. The summed E-state index contributed by atoms with van der Waals surface area (Å²) >= 11 is 1.30. The Bertz CT molecular complexity index is 1070. The van der Waals surface area contributed by atoms with Crippen molar-refractivity contribution in [3.63, 3.8) is 0 Å². The predicted molar refractivity (Wildman–Crippen MR) is 115 cm³/mol. The minimum atomic E-state index is -0.364. The molecule has 11 heteroatoms. The van der Waals surface area contributed by atoms with E-state index in [9.17, 15) is 9.59 Å². The number of hydrogen-bond acceptors (Lipinski definition) is 9. The van der Waals surface area contributed by atoms with Crippen LogP contribution < -0.4 is 10.6 Å². The molecule has 3 aromatic heterocycles. The molecule has 0 aromatic carbocycles. The summed E-state index contributed by atoms with van der Waals surface area (Å²) in [6.07, 6.45) is 3.35. The number of thiophene rings is 1. The first-order valence-electron chi connectivity index (χ1n) is 9.44. The molecule has 10 nitrogen and oxygen atoms in total. The number of nitrogens with one attached hydrogen (secondary N) is 2. The highest BCUT2D eigenvalue weighted by Gasteiger charge is 2.22. The van der Waals surface area contributed by atoms with E-state index in [-0.39, 0.29) is 18.4 Å². The number of carbonyl (C=O) groups is 2. The SMILES string of the molecule is CCOC(=O)c1sc2nc(CN(C)C)nc(Nc3cnn(CC(=O)NC)c3)c2c1C. The number of rotatable bonds is 8. The molecule has 0 spiro atoms. The molecule has 3 rings (SSSR count). The van der Waals surface area contributed by atoms with Gasteiger partial charge in [-0.05, 0) is 33.5 Å². The van der Waals surface area contributed by atoms with Crippen molar-refractivity contribution < 1.29 is 14.3 Å². The van der Waals surface area contributed by atoms with Crippen molar-refractivity contribution >= 4 is 44.9 Å². The summed E-state index contributed by atoms with van der Waals surface area (Å²) in [5, 5.41) is 10.8. The van der Waals surface area contributed by atoms with E-state index in [1.807, 2.05) is 25.9 Å². The molecule has 160 valence electrons. The Balaban J connectivity index is 2.02. The molecular weight excluding hydrogens is 406 g/mol. The lowest BCUT2D eigenvalue weighted by Crippen LogP contribution is -2.23. The Morgan fingerprint density at radius 3 is 2.73 bits per heavy atom. The summed E-state index contributed by atoms with van der Waals surface area (Å²) in [7, 11) is 5.45. The minimum Gasteiger partial charge on any atom is -0.462 e. The molecule has 0 saturated carbocycles. The first kappa shape index (κ1) is 21.7. The summed E-state index contributed by atoms with van der Waals surface area (Å²) in [4.78, 5) is 36.5. The van der Waals surface area contributed by atoms with Crippen LogP contribution in [0.4, 0.5) is 11.5 Å². The maximum atomic E-state index is 12.4. The van der Waals surface area contributed by atoms with Crippen molar-refractivity contribution in [2.24, 2.45) is 0 Å². The summed E-state index contributed by atoms with van der Waals surface area (Å²) in [6, 6.07) is 0. The number of fused-ring (bicyclic) bond motifs is 1. The third-order valence-corrected chi connectivity index (χ3v) is 5.40. The summed E-state index contributed by atoms with van der Waals surface area (Å²) in [6.45, 7) is 4.61. The van der Waals surface area contributed by atoms with Gasteiger partial charge in [-0.2, -0.15) is 5.10 Å². The molecular formula is C19H25N7O3S. The minimum absolute atomic E-state index is 0.119. The highest BCUT2D eigenvalue weighted by molar-refractivity contribution is 7.20. The normalized spacial score (nSPS) is 11.1. The van der Waals surface area contributed by atoms with Gasteiger partial charge in [0.2, 0.25) is 5.91 Å². The Kier molecular flexibility index (Phi) is 6.63. The van der Waals surface area contributed by atoms with E-state index in [0.717, 1.165) is 10.9 Å². The van der Waals surface area contributed by atoms with Crippen molar-refractivity contribution in [1.29, 1.82) is 0 Å². The van der Waals surface area contributed by atoms with Gasteiger partial charge in [0.25, 0.3) is 0 Å². The first-order chi connectivity index (χ1) is 14.3. The summed E-state index contributed by atoms with van der Waals surface area (Å²) in [5.74, 6) is 0.705. The van der Waals surface area contributed by atoms with Gasteiger partial charge in [-0.3, -0.25) is 9.48 Å². The Morgan fingerprint density at radius 1 is 1.30 bits per heavy atom. The van der Waals surface area contributed by atoms with Gasteiger partial charge in [0.1, 0.15) is 27.9 Å². The van der Waals surface area contributed by atoms with Crippen LogP contribution in [-0.4, -0.2) is 64.3 Å². The second kappa shape index (κ2) is 9.18. The van der Waals surface area contributed by atoms with Gasteiger partial charge in [0.05, 0.1) is 30.4 Å². The molecule has 2 N–H and O–H groups in total. The maximum absolute atomic E-state index is 12.4. The zero-order valence-corrected chi connectivity index (χ0v) is 18.5. The van der Waals surface area contributed by atoms with Crippen molar-refractivity contribution in [3.05, 3.63) is 28.7 Å². The van der Waals surface area contributed by atoms with E-state index < -0.39 is 0 Å². The maximum Gasteiger partial charge on any atom is 0.348 e. The van der Waals surface area contributed by atoms with Crippen LogP contribution in [0.5, 0.6) is 0 Å². The number of carbonyl (C=O) groups excluding carboxylic acids is 2. The van der Waals surface area contributed by atoms with Crippen molar-refractivity contribution in [2.75, 3.05) is 33.1 Å². The van der Waals surface area contributed by atoms with Crippen LogP contribution >= 0.6 is 11.3 Å². The van der Waals surface area contributed by atoms with Crippen LogP contribution in [0.1, 0.15) is 28.0 Å². The Morgan fingerprint density at radius 2 is 2.07 bits per heavy atom. The van der Waals surface area contributed by atoms with E-state index in [4.69, 9.17) is 4.74 Å². The third-order valence-electron chi connectivity index (χ3n) is 4.24. The second-order valence-corrected chi connectivity index (χ2v) is 7.91. The Labute approximate surface area is 178 Å². The topological polar surface area (TPSA) is 114 Å². The number of amides is 1. The van der Waals surface area contributed by atoms with Crippen molar-refractivity contribution in [1.82, 2.24) is 30.0 Å². The standard InChI is InChI=1S/C19H25N7O3S/c1-6-29-19(28)16-11(2)15-17(23-13(9-25(4)5)24-18(15)30-16)22-12-7-21-26(8-12)10-14(27)20-3/h7-8H,6,9-10H2,1-5H3,(H,20,27)(H,22,23,24). The van der Waals surface area contributed by atoms with Crippen LogP contribution in [0.15, 0.2) is 12.4 Å². The molecule has 0 fully saturated rings. The van der Waals surface area contributed by atoms with E-state index in [1.165, 1.54) is 16.0 Å². The third kappa shape index (κ3) is 4.74. The summed E-state index contributed by atoms with van der Waals surface area (Å²) < 4.78 is 6.72. The lowest BCUT2D eigenvalue weighted by atomic mass is 10.2. The van der Waals surface area contributed by atoms with Gasteiger partial charge in [-0.25, -0.2) is 14.8 Å². The molecule has 0 saturated heterocycles. The quantitative estimate of drug-likeness (QED) is 0.520. The molecule has 0 aliphatic heterocycles. The number of hydrogen-bond donors (Lipinski definition) is 2. The van der Waals surface area contributed by atoms with Gasteiger partial charge in [-0.1, -0.05) is 0 Å². The lowest BCUT2D eigenvalue weighted by Gasteiger charge is -2.11. The van der Waals surface area contributed by atoms with Gasteiger partial charge >= 0.3 is 5.97 Å². The molecule has 30 heavy (non-hydrogen) atoms. The van der Waals surface area contributed by atoms with Crippen LogP contribution in [-0.2, 0) is 22.6 Å². The van der Waals surface area contributed by atoms with Crippen molar-refractivity contribution in [2.45, 2.75) is 26.9 Å². The Hall–Kier alpha value is -3.05. The molecule has 0 aliphatic rings. The highest BCUT2D eigenvalue weighted by Crippen LogP contribution is 2.35. The van der Waals surface area contributed by atoms with Gasteiger partial charge in [-0.15, -0.1) is 11.3 Å². The second-order valence-electron chi connectivity index (χ2n) is 6.91. The molecule has 3 heterocycles. The number of ether oxygens (including phenoxy) is 1. The lowest BCUT2D eigenvalue weighted by molar-refractivity contribution is -0.121. The monoisotopic (exact) mass is 431 g/mol. The van der Waals surface area contributed by atoms with Gasteiger partial charge in [0.15, 0.2) is 0 Å². The first-order valence-corrected chi connectivity index (χ1v) is 10.3. The van der Waals surface area contributed by atoms with E-state index in [1.54, 1.807) is 26.4 Å². The van der Waals surface area contributed by atoms with E-state index in [2.05, 4.69) is 25.7 Å². The van der Waals surface area contributed by atoms with Crippen LogP contribution in [0.3, 0.4) is 0 Å². The number of anilines is 2. The molecule has 0 aliphatic carbocycles. The number of esters is 1. The fourth-order valence-corrected chi connectivity index (χ4v) is 3.99. The van der Waals surface area contributed by atoms with Gasteiger partial charge < -0.3 is 20.3 Å². The molecule has 3 aromatic rings. The average molecular weight is 432 g/mol. The fourth-order valence-electron chi connectivity index (χ4n) is 2.90. The highest BCUT2D eigenvalue weighted by atomic mass is 32.1. The largest absolute Gasteiger partial charge is 0.462 e. The summed E-state index contributed by atoms with van der Waals surface area (Å²) in [5.41, 5.74) is 1.45. The molecule has 0 atom stereocenters. The number of aryl methyl sites for hydroxylation is 1. The van der Waals surface area contributed by atoms with Crippen molar-refractivity contribution in [3.8, 4) is 0 Å². The van der Waals surface area contributed by atoms with E-state index >= 15 is 0 Å². The zero-order chi connectivity index (χ0) is 21.8. The van der Waals surface area contributed by atoms with Crippen LogP contribution in [0.25, 0.3) is 10.2 Å². The molecule has 0 unspecified atom stereocenters. The van der Waals surface area contributed by atoms with Crippen LogP contribution in [0, 0.1) is 6.92 Å². The zero-order valence-electron chi connectivity index (χ0n) is 17.6. The van der Waals surface area contributed by atoms with Crippen LogP contribution in [0.2, 0.25) is 0 Å². The molecule has 0 radical (unpaired) electrons. The van der Waals surface area contributed by atoms with Gasteiger partial charge in [0, 0.05) is 13.2 Å². The predicted octanol–water partition coefficient (Wildman–Crippen LogP) is 1.92.